The van der Waals surface area contributed by atoms with Gasteiger partial charge in [0.05, 0.1) is 0 Å². The summed E-state index contributed by atoms with van der Waals surface area (Å²) >= 11 is 1.96. The highest BCUT2D eigenvalue weighted by Gasteiger charge is 2.10. The van der Waals surface area contributed by atoms with Crippen LogP contribution >= 0.6 is 11.8 Å². The van der Waals surface area contributed by atoms with Gasteiger partial charge in [-0.3, -0.25) is 0 Å². The Bertz CT molecular complexity index is 162. The van der Waals surface area contributed by atoms with E-state index < -0.39 is 0 Å². The van der Waals surface area contributed by atoms with E-state index in [1.165, 1.54) is 38.1 Å². The second-order valence-electron chi connectivity index (χ2n) is 5.30. The quantitative estimate of drug-likeness (QED) is 0.575. The van der Waals surface area contributed by atoms with Crippen molar-refractivity contribution < 1.29 is 0 Å². The van der Waals surface area contributed by atoms with Crippen LogP contribution < -0.4 is 5.32 Å². The van der Waals surface area contributed by atoms with Gasteiger partial charge in [0, 0.05) is 11.8 Å². The van der Waals surface area contributed by atoms with Gasteiger partial charge in [-0.1, -0.05) is 20.8 Å². The lowest BCUT2D eigenvalue weighted by molar-refractivity contribution is 0.250. The van der Waals surface area contributed by atoms with E-state index in [1.807, 2.05) is 11.8 Å². The molecule has 1 atom stereocenters. The average Bonchev–Trinajstić information content (AvgIpc) is 2.29. The van der Waals surface area contributed by atoms with Crippen LogP contribution in [0.5, 0.6) is 0 Å². The van der Waals surface area contributed by atoms with Gasteiger partial charge in [-0.05, 0) is 58.1 Å². The molecule has 3 heteroatoms. The first-order valence-corrected chi connectivity index (χ1v) is 8.41. The molecule has 0 radical (unpaired) electrons. The summed E-state index contributed by atoms with van der Waals surface area (Å²) in [5.41, 5.74) is 0. The first kappa shape index (κ1) is 17.3. The Hall–Kier alpha value is 0.270. The maximum absolute atomic E-state index is 3.50. The average molecular weight is 260 g/mol. The summed E-state index contributed by atoms with van der Waals surface area (Å²) in [5, 5.41) is 3.50. The zero-order valence-corrected chi connectivity index (χ0v) is 13.3. The Morgan fingerprint density at radius 3 is 2.47 bits per heavy atom. The van der Waals surface area contributed by atoms with Crippen LogP contribution in [0.3, 0.4) is 0 Å². The molecule has 0 aromatic rings. The Labute approximate surface area is 113 Å². The molecular formula is C14H32N2S. The van der Waals surface area contributed by atoms with Gasteiger partial charge < -0.3 is 10.2 Å². The molecule has 0 saturated carbocycles. The van der Waals surface area contributed by atoms with E-state index in [1.54, 1.807) is 0 Å². The second-order valence-corrected chi connectivity index (χ2v) is 6.21. The number of rotatable bonds is 11. The van der Waals surface area contributed by atoms with Crippen LogP contribution in [0, 0.1) is 5.92 Å². The monoisotopic (exact) mass is 260 g/mol. The highest BCUT2D eigenvalue weighted by atomic mass is 32.2. The predicted octanol–water partition coefficient (Wildman–Crippen LogP) is 3.09. The Morgan fingerprint density at radius 1 is 1.24 bits per heavy atom. The summed E-state index contributed by atoms with van der Waals surface area (Å²) in [4.78, 5) is 2.53. The van der Waals surface area contributed by atoms with Crippen LogP contribution in [-0.2, 0) is 0 Å². The third kappa shape index (κ3) is 9.93. The first-order valence-electron chi connectivity index (χ1n) is 7.01. The van der Waals surface area contributed by atoms with Crippen LogP contribution in [0.4, 0.5) is 0 Å². The number of hydrogen-bond acceptors (Lipinski definition) is 3. The summed E-state index contributed by atoms with van der Waals surface area (Å²) in [7, 11) is 2.27. The molecule has 0 aromatic carbocycles. The molecular weight excluding hydrogens is 228 g/mol. The molecule has 104 valence electrons. The fraction of sp³-hybridized carbons (Fsp3) is 1.00. The van der Waals surface area contributed by atoms with E-state index in [0.29, 0.717) is 0 Å². The number of thioether (sulfide) groups is 1. The minimum Gasteiger partial charge on any atom is -0.316 e. The van der Waals surface area contributed by atoms with E-state index in [4.69, 9.17) is 0 Å². The summed E-state index contributed by atoms with van der Waals surface area (Å²) in [6.45, 7) is 10.4. The highest BCUT2D eigenvalue weighted by molar-refractivity contribution is 7.98. The summed E-state index contributed by atoms with van der Waals surface area (Å²) in [5.74, 6) is 2.03. The van der Waals surface area contributed by atoms with Crippen molar-refractivity contribution in [3.05, 3.63) is 0 Å². The predicted molar refractivity (Wildman–Crippen MR) is 82.0 cm³/mol. The van der Waals surface area contributed by atoms with Gasteiger partial charge in [-0.15, -0.1) is 0 Å². The summed E-state index contributed by atoms with van der Waals surface area (Å²) in [6.07, 6.45) is 6.08. The molecule has 0 saturated heterocycles. The number of unbranched alkanes of at least 4 members (excludes halogenated alkanes) is 1. The third-order valence-corrected chi connectivity index (χ3v) is 3.84. The molecule has 0 fully saturated rings. The molecule has 0 heterocycles. The van der Waals surface area contributed by atoms with Crippen molar-refractivity contribution in [3.63, 3.8) is 0 Å². The molecule has 1 unspecified atom stereocenters. The van der Waals surface area contributed by atoms with Gasteiger partial charge in [-0.2, -0.15) is 11.8 Å². The van der Waals surface area contributed by atoms with Crippen molar-refractivity contribution in [2.24, 2.45) is 5.92 Å². The van der Waals surface area contributed by atoms with Gasteiger partial charge in [-0.25, -0.2) is 0 Å². The van der Waals surface area contributed by atoms with Gasteiger partial charge in [0.25, 0.3) is 0 Å². The lowest BCUT2D eigenvalue weighted by atomic mass is 10.2. The van der Waals surface area contributed by atoms with Crippen LogP contribution in [0.25, 0.3) is 0 Å². The fourth-order valence-corrected chi connectivity index (χ4v) is 2.81. The standard InChI is InChI=1S/C14H32N2S/c1-6-14(12-17-5)16(4)10-8-7-9-15-11-13(2)3/h13-15H,6-12H2,1-5H3. The van der Waals surface area contributed by atoms with E-state index in [2.05, 4.69) is 44.3 Å². The van der Waals surface area contributed by atoms with Crippen molar-refractivity contribution in [2.75, 3.05) is 38.7 Å². The van der Waals surface area contributed by atoms with Crippen molar-refractivity contribution in [1.29, 1.82) is 0 Å². The second kappa shape index (κ2) is 11.4. The van der Waals surface area contributed by atoms with Crippen molar-refractivity contribution >= 4 is 11.8 Å². The smallest absolute Gasteiger partial charge is 0.0180 e. The molecule has 0 bridgehead atoms. The zero-order chi connectivity index (χ0) is 13.1. The molecule has 0 aromatic heterocycles. The Balaban J connectivity index is 3.46. The summed E-state index contributed by atoms with van der Waals surface area (Å²) in [6, 6.07) is 0.758. The Kier molecular flexibility index (Phi) is 11.5. The van der Waals surface area contributed by atoms with Crippen LogP contribution in [0.2, 0.25) is 0 Å². The number of nitrogens with one attached hydrogen (secondary N) is 1. The molecule has 0 aliphatic carbocycles. The molecule has 0 amide bonds. The minimum absolute atomic E-state index is 0.758. The van der Waals surface area contributed by atoms with Crippen molar-refractivity contribution in [1.82, 2.24) is 10.2 Å². The largest absolute Gasteiger partial charge is 0.316 e. The van der Waals surface area contributed by atoms with E-state index in [-0.39, 0.29) is 0 Å². The highest BCUT2D eigenvalue weighted by Crippen LogP contribution is 2.09. The molecule has 0 aliphatic rings. The molecule has 0 spiro atoms. The van der Waals surface area contributed by atoms with Crippen LogP contribution in [0.15, 0.2) is 0 Å². The fourth-order valence-electron chi connectivity index (χ4n) is 1.93. The van der Waals surface area contributed by atoms with E-state index in [0.717, 1.165) is 18.5 Å². The van der Waals surface area contributed by atoms with Gasteiger partial charge in [0.1, 0.15) is 0 Å². The lowest BCUT2D eigenvalue weighted by Gasteiger charge is -2.26. The zero-order valence-electron chi connectivity index (χ0n) is 12.5. The normalized spacial score (nSPS) is 13.6. The third-order valence-electron chi connectivity index (χ3n) is 3.12. The van der Waals surface area contributed by atoms with E-state index in [9.17, 15) is 0 Å². The SMILES string of the molecule is CCC(CSC)N(C)CCCCNCC(C)C. The van der Waals surface area contributed by atoms with Crippen LogP contribution in [-0.4, -0.2) is 49.6 Å². The van der Waals surface area contributed by atoms with Crippen molar-refractivity contribution in [2.45, 2.75) is 46.1 Å². The molecule has 1 N–H and O–H groups in total. The van der Waals surface area contributed by atoms with Gasteiger partial charge in [0.15, 0.2) is 0 Å². The first-order chi connectivity index (χ1) is 8.11. The lowest BCUT2D eigenvalue weighted by Crippen LogP contribution is -2.34. The molecule has 0 aliphatic heterocycles. The number of hydrogen-bond donors (Lipinski definition) is 1. The maximum Gasteiger partial charge on any atom is 0.0180 e. The van der Waals surface area contributed by atoms with Gasteiger partial charge in [0.2, 0.25) is 0 Å². The molecule has 2 nitrogen and oxygen atoms in total. The molecule has 0 rings (SSSR count). The van der Waals surface area contributed by atoms with Crippen molar-refractivity contribution in [3.8, 4) is 0 Å². The Morgan fingerprint density at radius 2 is 1.94 bits per heavy atom. The van der Waals surface area contributed by atoms with Crippen LogP contribution in [0.1, 0.15) is 40.0 Å². The minimum atomic E-state index is 0.758. The number of nitrogens with zero attached hydrogens (tertiary/aromatic N) is 1. The van der Waals surface area contributed by atoms with E-state index >= 15 is 0 Å². The topological polar surface area (TPSA) is 15.3 Å². The maximum atomic E-state index is 3.50. The van der Waals surface area contributed by atoms with Gasteiger partial charge >= 0.3 is 0 Å². The molecule has 17 heavy (non-hydrogen) atoms. The summed E-state index contributed by atoms with van der Waals surface area (Å²) < 4.78 is 0.